The lowest BCUT2D eigenvalue weighted by Gasteiger charge is -2.32. The highest BCUT2D eigenvalue weighted by Gasteiger charge is 2.43. The van der Waals surface area contributed by atoms with Crippen LogP contribution in [0.3, 0.4) is 0 Å². The Bertz CT molecular complexity index is 1110. The number of sulfone groups is 1. The van der Waals surface area contributed by atoms with Crippen molar-refractivity contribution in [3.8, 4) is 11.4 Å². The molecule has 4 N–H and O–H groups in total. The molecule has 2 amide bonds. The molecule has 4 rings (SSSR count). The monoisotopic (exact) mass is 471 g/mol. The summed E-state index contributed by atoms with van der Waals surface area (Å²) >= 11 is 0. The molecular formula is C24H33N5O3S. The number of nitrogens with one attached hydrogen (secondary N) is 2. The lowest BCUT2D eigenvalue weighted by atomic mass is 9.93. The number of carbonyl (C=O) groups is 1. The summed E-state index contributed by atoms with van der Waals surface area (Å²) in [4.78, 5) is 21.0. The second-order valence-corrected chi connectivity index (χ2v) is 12.4. The summed E-state index contributed by atoms with van der Waals surface area (Å²) in [5.41, 5.74) is 7.81. The third kappa shape index (κ3) is 4.98. The Morgan fingerprint density at radius 2 is 1.67 bits per heavy atom. The van der Waals surface area contributed by atoms with Gasteiger partial charge in [-0.1, -0.05) is 19.3 Å². The Morgan fingerprint density at radius 3 is 2.27 bits per heavy atom. The van der Waals surface area contributed by atoms with Gasteiger partial charge in [0.2, 0.25) is 0 Å². The van der Waals surface area contributed by atoms with Gasteiger partial charge in [-0.15, -0.1) is 0 Å². The molecule has 33 heavy (non-hydrogen) atoms. The highest BCUT2D eigenvalue weighted by atomic mass is 32.2. The van der Waals surface area contributed by atoms with Gasteiger partial charge >= 0.3 is 6.03 Å². The number of nitrogen functional groups attached to an aromatic ring is 1. The second-order valence-electron chi connectivity index (χ2n) is 9.62. The Balaban J connectivity index is 1.54. The van der Waals surface area contributed by atoms with Crippen LogP contribution in [-0.4, -0.2) is 35.7 Å². The van der Waals surface area contributed by atoms with Crippen LogP contribution in [0.2, 0.25) is 0 Å². The number of rotatable bonds is 6. The van der Waals surface area contributed by atoms with E-state index in [1.165, 1.54) is 0 Å². The van der Waals surface area contributed by atoms with E-state index in [1.54, 1.807) is 44.2 Å². The van der Waals surface area contributed by atoms with Crippen molar-refractivity contribution in [2.24, 2.45) is 0 Å². The number of nitrogens with zero attached hydrogens (tertiary/aromatic N) is 2. The molecule has 0 saturated heterocycles. The topological polar surface area (TPSA) is 127 Å². The zero-order valence-corrected chi connectivity index (χ0v) is 20.1. The van der Waals surface area contributed by atoms with Crippen LogP contribution in [0.5, 0.6) is 0 Å². The number of nitrogens with two attached hydrogens (primary N) is 1. The first kappa shape index (κ1) is 23.5. The van der Waals surface area contributed by atoms with Gasteiger partial charge in [0.1, 0.15) is 10.6 Å². The van der Waals surface area contributed by atoms with Crippen molar-refractivity contribution in [2.75, 3.05) is 11.1 Å². The Hall–Kier alpha value is -2.68. The molecule has 1 aromatic heterocycles. The summed E-state index contributed by atoms with van der Waals surface area (Å²) < 4.78 is 25.8. The van der Waals surface area contributed by atoms with Crippen LogP contribution in [0.25, 0.3) is 11.4 Å². The largest absolute Gasteiger partial charge is 0.384 e. The maximum absolute atomic E-state index is 13.5. The molecule has 2 aliphatic carbocycles. The van der Waals surface area contributed by atoms with E-state index < -0.39 is 14.6 Å². The molecule has 0 aliphatic heterocycles. The number of urea groups is 1. The highest BCUT2D eigenvalue weighted by molar-refractivity contribution is 7.92. The van der Waals surface area contributed by atoms with E-state index in [-0.39, 0.29) is 23.1 Å². The van der Waals surface area contributed by atoms with Crippen molar-refractivity contribution in [2.45, 2.75) is 81.3 Å². The lowest BCUT2D eigenvalue weighted by molar-refractivity contribution is 0.240. The van der Waals surface area contributed by atoms with E-state index in [2.05, 4.69) is 20.6 Å². The number of carbonyl (C=O) groups excluding carboxylic acids is 1. The molecule has 2 aliphatic rings. The van der Waals surface area contributed by atoms with Crippen molar-refractivity contribution in [1.82, 2.24) is 15.3 Å². The first-order valence-electron chi connectivity index (χ1n) is 11.7. The summed E-state index contributed by atoms with van der Waals surface area (Å²) in [5.74, 6) is 0.589. The third-order valence-electron chi connectivity index (χ3n) is 6.91. The van der Waals surface area contributed by atoms with Crippen LogP contribution in [0.15, 0.2) is 30.3 Å². The van der Waals surface area contributed by atoms with Crippen LogP contribution >= 0.6 is 0 Å². The minimum absolute atomic E-state index is 0.218. The van der Waals surface area contributed by atoms with E-state index in [4.69, 9.17) is 5.73 Å². The Kier molecular flexibility index (Phi) is 6.61. The summed E-state index contributed by atoms with van der Waals surface area (Å²) in [6.07, 6.45) is 7.56. The normalized spacial score (nSPS) is 17.9. The Morgan fingerprint density at radius 1 is 1.00 bits per heavy atom. The first-order valence-corrected chi connectivity index (χ1v) is 13.3. The average Bonchev–Trinajstić information content (AvgIpc) is 2.77. The number of hydrogen-bond acceptors (Lipinski definition) is 6. The van der Waals surface area contributed by atoms with E-state index in [1.807, 2.05) is 0 Å². The van der Waals surface area contributed by atoms with Gasteiger partial charge in [-0.2, -0.15) is 0 Å². The van der Waals surface area contributed by atoms with E-state index in [9.17, 15) is 13.2 Å². The molecule has 2 saturated carbocycles. The van der Waals surface area contributed by atoms with Gasteiger partial charge in [0, 0.05) is 23.4 Å². The highest BCUT2D eigenvalue weighted by Crippen LogP contribution is 2.38. The maximum atomic E-state index is 13.5. The number of amides is 2. The molecule has 2 fully saturated rings. The van der Waals surface area contributed by atoms with Crippen LogP contribution < -0.4 is 16.4 Å². The molecule has 1 aromatic carbocycles. The van der Waals surface area contributed by atoms with Crippen LogP contribution in [0.1, 0.15) is 70.9 Å². The zero-order chi connectivity index (χ0) is 23.6. The predicted molar refractivity (Wildman–Crippen MR) is 130 cm³/mol. The molecule has 8 nitrogen and oxygen atoms in total. The molecule has 2 aromatic rings. The number of anilines is 2. The fraction of sp³-hybridized carbons (Fsp3) is 0.542. The van der Waals surface area contributed by atoms with Crippen LogP contribution in [-0.2, 0) is 14.6 Å². The fourth-order valence-electron chi connectivity index (χ4n) is 4.45. The average molecular weight is 472 g/mol. The molecule has 0 radical (unpaired) electrons. The van der Waals surface area contributed by atoms with Crippen molar-refractivity contribution in [3.63, 3.8) is 0 Å². The fourth-order valence-corrected chi connectivity index (χ4v) is 6.63. The summed E-state index contributed by atoms with van der Waals surface area (Å²) in [7, 11) is -3.46. The van der Waals surface area contributed by atoms with Crippen molar-refractivity contribution < 1.29 is 13.2 Å². The molecule has 1 heterocycles. The van der Waals surface area contributed by atoms with Gasteiger partial charge in [0.05, 0.1) is 10.9 Å². The molecule has 9 heteroatoms. The van der Waals surface area contributed by atoms with Gasteiger partial charge in [0.15, 0.2) is 15.7 Å². The summed E-state index contributed by atoms with van der Waals surface area (Å²) in [5, 5.41) is 5.41. The van der Waals surface area contributed by atoms with Crippen molar-refractivity contribution >= 4 is 27.4 Å². The molecule has 0 unspecified atom stereocenters. The van der Waals surface area contributed by atoms with Crippen molar-refractivity contribution in [3.05, 3.63) is 36.0 Å². The van der Waals surface area contributed by atoms with Gasteiger partial charge < -0.3 is 16.4 Å². The quantitative estimate of drug-likeness (QED) is 0.574. The SMILES string of the molecule is CC(C)(c1cc(N)nc(-c2ccc(NC(=O)NC3CCC3)cc2)n1)S(=O)(=O)C1CCCCC1. The van der Waals surface area contributed by atoms with Crippen LogP contribution in [0, 0.1) is 0 Å². The lowest BCUT2D eigenvalue weighted by Crippen LogP contribution is -2.41. The first-order chi connectivity index (χ1) is 15.7. The zero-order valence-electron chi connectivity index (χ0n) is 19.3. The molecule has 178 valence electrons. The molecule has 0 spiro atoms. The standard InChI is InChI=1S/C24H33N5O3S/c1-24(2,33(31,32)19-9-4-3-5-10-19)20-15-21(25)29-22(28-20)16-11-13-18(14-12-16)27-23(30)26-17-7-6-8-17/h11-15,17,19H,3-10H2,1-2H3,(H2,25,28,29)(H2,26,27,30). The predicted octanol–water partition coefficient (Wildman–Crippen LogP) is 4.38. The van der Waals surface area contributed by atoms with E-state index in [0.29, 0.717) is 35.6 Å². The number of hydrogen-bond donors (Lipinski definition) is 3. The van der Waals surface area contributed by atoms with Gasteiger partial charge in [-0.25, -0.2) is 23.2 Å². The molecular weight excluding hydrogens is 438 g/mol. The molecule has 0 bridgehead atoms. The summed E-state index contributed by atoms with van der Waals surface area (Å²) in [6, 6.07) is 8.73. The van der Waals surface area contributed by atoms with Crippen molar-refractivity contribution in [1.29, 1.82) is 0 Å². The van der Waals surface area contributed by atoms with E-state index >= 15 is 0 Å². The molecule has 0 atom stereocenters. The smallest absolute Gasteiger partial charge is 0.319 e. The second kappa shape index (κ2) is 9.29. The number of benzene rings is 1. The van der Waals surface area contributed by atoms with Gasteiger partial charge in [0.25, 0.3) is 0 Å². The maximum Gasteiger partial charge on any atom is 0.319 e. The van der Waals surface area contributed by atoms with Gasteiger partial charge in [-0.05, 0) is 70.2 Å². The van der Waals surface area contributed by atoms with Gasteiger partial charge in [-0.3, -0.25) is 0 Å². The summed E-state index contributed by atoms with van der Waals surface area (Å²) in [6.45, 7) is 3.41. The van der Waals surface area contributed by atoms with E-state index in [0.717, 1.165) is 38.5 Å². The Labute approximate surface area is 195 Å². The minimum Gasteiger partial charge on any atom is -0.384 e. The number of aromatic nitrogens is 2. The minimum atomic E-state index is -3.46. The van der Waals surface area contributed by atoms with Crippen LogP contribution in [0.4, 0.5) is 16.3 Å². The third-order valence-corrected chi connectivity index (χ3v) is 9.89.